The molecule has 0 bridgehead atoms. The topological polar surface area (TPSA) is 97.6 Å². The molecule has 2 aliphatic heterocycles. The molecule has 4 aromatic carbocycles. The first-order valence-corrected chi connectivity index (χ1v) is 13.4. The second-order valence-corrected chi connectivity index (χ2v) is 10.8. The molecule has 0 amide bonds. The number of benzene rings is 4. The molecule has 3 atom stereocenters. The van der Waals surface area contributed by atoms with Crippen molar-refractivity contribution < 1.29 is 19.3 Å². The summed E-state index contributed by atoms with van der Waals surface area (Å²) < 4.78 is 0. The van der Waals surface area contributed by atoms with Crippen LogP contribution >= 0.6 is 0 Å². The van der Waals surface area contributed by atoms with Crippen LogP contribution in [0.2, 0.25) is 0 Å². The third-order valence-electron chi connectivity index (χ3n) is 8.76. The summed E-state index contributed by atoms with van der Waals surface area (Å²) >= 11 is 0. The number of para-hydroxylation sites is 1. The Kier molecular flexibility index (Phi) is 5.41. The number of hydrogen-bond donors (Lipinski definition) is 0. The summed E-state index contributed by atoms with van der Waals surface area (Å²) in [6, 6.07) is 25.8. The smallest absolute Gasteiger partial charge is 0.269 e. The first-order valence-electron chi connectivity index (χ1n) is 13.4. The fraction of sp³-hybridized carbons (Fsp3) is 0.147. The molecule has 0 unspecified atom stereocenters. The van der Waals surface area contributed by atoms with Gasteiger partial charge in [0.25, 0.3) is 5.69 Å². The number of nitro groups is 1. The zero-order valence-electron chi connectivity index (χ0n) is 22.1. The summed E-state index contributed by atoms with van der Waals surface area (Å²) in [5.41, 5.74) is 2.16. The number of nitro benzene ring substituents is 1. The van der Waals surface area contributed by atoms with E-state index in [0.29, 0.717) is 22.3 Å². The van der Waals surface area contributed by atoms with Gasteiger partial charge in [-0.05, 0) is 24.1 Å². The largest absolute Gasteiger partial charge is 0.352 e. The molecule has 0 saturated carbocycles. The van der Waals surface area contributed by atoms with Gasteiger partial charge in [0.1, 0.15) is 11.5 Å². The van der Waals surface area contributed by atoms with Gasteiger partial charge in [0.2, 0.25) is 0 Å². The van der Waals surface area contributed by atoms with E-state index in [1.165, 1.54) is 12.1 Å². The molecule has 41 heavy (non-hydrogen) atoms. The van der Waals surface area contributed by atoms with E-state index in [4.69, 9.17) is 0 Å². The van der Waals surface area contributed by atoms with Crippen LogP contribution in [-0.4, -0.2) is 34.4 Å². The number of aryl methyl sites for hydroxylation is 1. The van der Waals surface area contributed by atoms with Crippen molar-refractivity contribution in [2.24, 2.45) is 5.41 Å². The zero-order valence-corrected chi connectivity index (χ0v) is 22.1. The molecule has 0 N–H and O–H groups in total. The predicted octanol–water partition coefficient (Wildman–Crippen LogP) is 6.22. The van der Waals surface area contributed by atoms with Gasteiger partial charge in [-0.15, -0.1) is 0 Å². The standard InChI is InChI=1S/C34H24N2O5/c1-20-13-15-22(16-14-20)31(37)30-29(23-8-6-9-24(19-23)36(40)41)34(32(38)25-10-3-4-11-26(25)33(34)39)28-18-17-21-7-2-5-12-27(21)35(28)30/h2-19,28-30H,1H3/t28-,29-,30+/m1/s1. The molecular weight excluding hydrogens is 516 g/mol. The minimum Gasteiger partial charge on any atom is -0.352 e. The first kappa shape index (κ1) is 24.8. The van der Waals surface area contributed by atoms with E-state index in [1.807, 2.05) is 60.4 Å². The number of carbonyl (C=O) groups excluding carboxylic acids is 3. The molecule has 0 aromatic heterocycles. The summed E-state index contributed by atoms with van der Waals surface area (Å²) in [7, 11) is 0. The van der Waals surface area contributed by atoms with Gasteiger partial charge >= 0.3 is 0 Å². The molecule has 1 fully saturated rings. The summed E-state index contributed by atoms with van der Waals surface area (Å²) in [4.78, 5) is 57.1. The molecule has 0 radical (unpaired) electrons. The van der Waals surface area contributed by atoms with Gasteiger partial charge in [0, 0.05) is 40.4 Å². The van der Waals surface area contributed by atoms with Crippen molar-refractivity contribution in [2.75, 3.05) is 4.90 Å². The maximum atomic E-state index is 14.6. The highest BCUT2D eigenvalue weighted by atomic mass is 16.6. The third kappa shape index (κ3) is 3.35. The van der Waals surface area contributed by atoms with E-state index in [2.05, 4.69) is 0 Å². The normalized spacial score (nSPS) is 21.5. The maximum Gasteiger partial charge on any atom is 0.269 e. The van der Waals surface area contributed by atoms with Crippen LogP contribution in [-0.2, 0) is 0 Å². The quantitative estimate of drug-likeness (QED) is 0.132. The summed E-state index contributed by atoms with van der Waals surface area (Å²) in [5.74, 6) is -1.99. The lowest BCUT2D eigenvalue weighted by Gasteiger charge is -2.37. The first-order chi connectivity index (χ1) is 19.8. The van der Waals surface area contributed by atoms with E-state index < -0.39 is 28.3 Å². The van der Waals surface area contributed by atoms with Gasteiger partial charge in [-0.1, -0.05) is 96.6 Å². The number of non-ortho nitro benzene ring substituents is 1. The molecule has 3 aliphatic rings. The van der Waals surface area contributed by atoms with Crippen molar-refractivity contribution in [3.63, 3.8) is 0 Å². The van der Waals surface area contributed by atoms with Crippen molar-refractivity contribution in [1.82, 2.24) is 0 Å². The summed E-state index contributed by atoms with van der Waals surface area (Å²) in [6.07, 6.45) is 3.74. The molecule has 7 heteroatoms. The molecule has 1 aliphatic carbocycles. The minimum absolute atomic E-state index is 0.171. The van der Waals surface area contributed by atoms with Crippen LogP contribution in [0.4, 0.5) is 11.4 Å². The number of carbonyl (C=O) groups is 3. The molecule has 1 spiro atoms. The number of ketones is 3. The fourth-order valence-corrected chi connectivity index (χ4v) is 7.01. The van der Waals surface area contributed by atoms with Crippen LogP contribution in [0.1, 0.15) is 53.7 Å². The van der Waals surface area contributed by atoms with Crippen molar-refractivity contribution >= 4 is 34.8 Å². The van der Waals surface area contributed by atoms with E-state index in [0.717, 1.165) is 16.8 Å². The van der Waals surface area contributed by atoms with Gasteiger partial charge in [0.05, 0.1) is 11.0 Å². The highest BCUT2D eigenvalue weighted by Crippen LogP contribution is 2.61. The lowest BCUT2D eigenvalue weighted by molar-refractivity contribution is -0.384. The van der Waals surface area contributed by atoms with E-state index in [-0.39, 0.29) is 23.0 Å². The Morgan fingerprint density at radius 3 is 2.20 bits per heavy atom. The highest BCUT2D eigenvalue weighted by molar-refractivity contribution is 6.32. The van der Waals surface area contributed by atoms with Crippen molar-refractivity contribution in [2.45, 2.75) is 24.9 Å². The number of rotatable bonds is 4. The average molecular weight is 541 g/mol. The zero-order chi connectivity index (χ0) is 28.5. The Balaban J connectivity index is 1.56. The Hall–Kier alpha value is -5.17. The molecular formula is C34H24N2O5. The van der Waals surface area contributed by atoms with Gasteiger partial charge in [-0.3, -0.25) is 24.5 Å². The number of fused-ring (bicyclic) bond motifs is 5. The molecule has 2 heterocycles. The van der Waals surface area contributed by atoms with E-state index >= 15 is 0 Å². The summed E-state index contributed by atoms with van der Waals surface area (Å²) in [6.45, 7) is 1.93. The predicted molar refractivity (Wildman–Crippen MR) is 154 cm³/mol. The highest BCUT2D eigenvalue weighted by Gasteiger charge is 2.71. The molecule has 7 nitrogen and oxygen atoms in total. The second kappa shape index (κ2) is 8.93. The average Bonchev–Trinajstić information content (AvgIpc) is 3.43. The number of anilines is 1. The van der Waals surface area contributed by atoms with Crippen molar-refractivity contribution in [3.05, 3.63) is 147 Å². The van der Waals surface area contributed by atoms with Gasteiger partial charge in [-0.2, -0.15) is 0 Å². The van der Waals surface area contributed by atoms with E-state index in [9.17, 15) is 24.5 Å². The van der Waals surface area contributed by atoms with Crippen LogP contribution in [0, 0.1) is 22.5 Å². The lowest BCUT2D eigenvalue weighted by atomic mass is 9.64. The van der Waals surface area contributed by atoms with Crippen LogP contribution in [0.3, 0.4) is 0 Å². The molecule has 7 rings (SSSR count). The summed E-state index contributed by atoms with van der Waals surface area (Å²) in [5, 5.41) is 11.9. The molecule has 1 saturated heterocycles. The van der Waals surface area contributed by atoms with Crippen molar-refractivity contribution in [3.8, 4) is 0 Å². The van der Waals surface area contributed by atoms with Crippen LogP contribution in [0.15, 0.2) is 103 Å². The Labute approximate surface area is 235 Å². The minimum atomic E-state index is -1.70. The number of nitrogens with zero attached hydrogens (tertiary/aromatic N) is 2. The van der Waals surface area contributed by atoms with Gasteiger partial charge in [-0.25, -0.2) is 0 Å². The Bertz CT molecular complexity index is 1790. The molecule has 200 valence electrons. The number of hydrogen-bond acceptors (Lipinski definition) is 6. The number of Topliss-reactive ketones (excluding diaryl/α,β-unsaturated/α-hetero) is 3. The van der Waals surface area contributed by atoms with Crippen LogP contribution in [0.25, 0.3) is 6.08 Å². The van der Waals surface area contributed by atoms with Gasteiger partial charge < -0.3 is 4.90 Å². The monoisotopic (exact) mass is 540 g/mol. The van der Waals surface area contributed by atoms with Gasteiger partial charge in [0.15, 0.2) is 17.3 Å². The van der Waals surface area contributed by atoms with Crippen LogP contribution in [0.5, 0.6) is 0 Å². The third-order valence-corrected chi connectivity index (χ3v) is 8.76. The SMILES string of the molecule is Cc1ccc(C(=O)[C@@H]2[C@@H](c3cccc([N+](=O)[O-])c3)C3(C(=O)c4ccccc4C3=O)[C@H]3C=Cc4ccccc4N23)cc1. The Morgan fingerprint density at radius 2 is 1.51 bits per heavy atom. The maximum absolute atomic E-state index is 14.6. The Morgan fingerprint density at radius 1 is 0.854 bits per heavy atom. The van der Waals surface area contributed by atoms with E-state index in [1.54, 1.807) is 48.5 Å². The lowest BCUT2D eigenvalue weighted by Crippen LogP contribution is -2.48. The van der Waals surface area contributed by atoms with Crippen molar-refractivity contribution in [1.29, 1.82) is 0 Å². The second-order valence-electron chi connectivity index (χ2n) is 10.8. The van der Waals surface area contributed by atoms with Crippen LogP contribution < -0.4 is 4.90 Å². The fourth-order valence-electron chi connectivity index (χ4n) is 7.01. The molecule has 4 aromatic rings.